The number of hydrogen-bond donors (Lipinski definition) is 1. The topological polar surface area (TPSA) is 77.1 Å². The van der Waals surface area contributed by atoms with Gasteiger partial charge in [0.15, 0.2) is 6.61 Å². The maximum atomic E-state index is 12.0. The Morgan fingerprint density at radius 3 is 2.55 bits per heavy atom. The van der Waals surface area contributed by atoms with Gasteiger partial charge < -0.3 is 24.4 Å². The van der Waals surface area contributed by atoms with Gasteiger partial charge in [0.05, 0.1) is 20.3 Å². The van der Waals surface area contributed by atoms with Gasteiger partial charge in [0.25, 0.3) is 5.91 Å². The molecule has 3 rings (SSSR count). The molecule has 1 aliphatic heterocycles. The maximum Gasteiger partial charge on any atom is 0.331 e. The summed E-state index contributed by atoms with van der Waals surface area (Å²) in [6.45, 7) is 2.78. The molecule has 0 spiro atoms. The summed E-state index contributed by atoms with van der Waals surface area (Å²) in [4.78, 5) is 26.1. The number of methoxy groups -OCH3 is 1. The summed E-state index contributed by atoms with van der Waals surface area (Å²) in [5, 5.41) is 2.72. The van der Waals surface area contributed by atoms with Gasteiger partial charge in [-0.05, 0) is 36.4 Å². The van der Waals surface area contributed by atoms with Crippen molar-refractivity contribution in [2.45, 2.75) is 0 Å². The molecule has 2 aromatic carbocycles. The van der Waals surface area contributed by atoms with Crippen molar-refractivity contribution in [3.8, 4) is 5.75 Å². The van der Waals surface area contributed by atoms with Gasteiger partial charge in [-0.15, -0.1) is 0 Å². The highest BCUT2D eigenvalue weighted by atomic mass is 16.5. The first-order chi connectivity index (χ1) is 14.2. The zero-order chi connectivity index (χ0) is 20.5. The summed E-state index contributed by atoms with van der Waals surface area (Å²) >= 11 is 0. The lowest BCUT2D eigenvalue weighted by molar-refractivity contribution is -0.142. The molecule has 29 heavy (non-hydrogen) atoms. The van der Waals surface area contributed by atoms with Crippen LogP contribution in [0.3, 0.4) is 0 Å². The Bertz CT molecular complexity index is 858. The number of ether oxygens (including phenoxy) is 3. The minimum atomic E-state index is -0.603. The second-order valence-electron chi connectivity index (χ2n) is 6.38. The van der Waals surface area contributed by atoms with Crippen LogP contribution in [0.4, 0.5) is 11.4 Å². The predicted octanol–water partition coefficient (Wildman–Crippen LogP) is 2.73. The van der Waals surface area contributed by atoms with E-state index in [0.29, 0.717) is 11.4 Å². The van der Waals surface area contributed by atoms with Crippen molar-refractivity contribution < 1.29 is 23.8 Å². The first kappa shape index (κ1) is 20.4. The number of esters is 1. The molecule has 1 saturated heterocycles. The highest BCUT2D eigenvalue weighted by molar-refractivity contribution is 5.94. The average molecular weight is 396 g/mol. The first-order valence-corrected chi connectivity index (χ1v) is 9.36. The van der Waals surface area contributed by atoms with E-state index in [2.05, 4.69) is 10.2 Å². The third-order valence-corrected chi connectivity index (χ3v) is 4.41. The van der Waals surface area contributed by atoms with E-state index in [0.717, 1.165) is 37.6 Å². The second kappa shape index (κ2) is 10.3. The van der Waals surface area contributed by atoms with E-state index in [-0.39, 0.29) is 6.61 Å². The number of morpholine rings is 1. The molecule has 1 aliphatic rings. The van der Waals surface area contributed by atoms with E-state index < -0.39 is 11.9 Å². The predicted molar refractivity (Wildman–Crippen MR) is 111 cm³/mol. The van der Waals surface area contributed by atoms with Crippen LogP contribution < -0.4 is 15.0 Å². The minimum absolute atomic E-state index is 0.361. The van der Waals surface area contributed by atoms with Gasteiger partial charge in [0, 0.05) is 36.1 Å². The molecule has 1 fully saturated rings. The summed E-state index contributed by atoms with van der Waals surface area (Å²) in [6, 6.07) is 14.8. The van der Waals surface area contributed by atoms with Crippen LogP contribution in [-0.4, -0.2) is 51.9 Å². The maximum absolute atomic E-state index is 12.0. The Kier molecular flexibility index (Phi) is 7.24. The Hall–Kier alpha value is -3.32. The van der Waals surface area contributed by atoms with Crippen LogP contribution in [0.1, 0.15) is 5.56 Å². The van der Waals surface area contributed by atoms with Gasteiger partial charge in [0.1, 0.15) is 5.75 Å². The number of carbonyl (C=O) groups excluding carboxylic acids is 2. The molecule has 0 saturated carbocycles. The third-order valence-electron chi connectivity index (χ3n) is 4.41. The summed E-state index contributed by atoms with van der Waals surface area (Å²) < 4.78 is 15.5. The van der Waals surface area contributed by atoms with Crippen LogP contribution in [0.15, 0.2) is 54.6 Å². The van der Waals surface area contributed by atoms with Crippen molar-refractivity contribution in [3.05, 3.63) is 60.2 Å². The average Bonchev–Trinajstić information content (AvgIpc) is 2.77. The van der Waals surface area contributed by atoms with Crippen LogP contribution in [0.25, 0.3) is 6.08 Å². The molecule has 1 heterocycles. The summed E-state index contributed by atoms with van der Waals surface area (Å²) in [6.07, 6.45) is 2.85. The third kappa shape index (κ3) is 6.08. The molecule has 2 aromatic rings. The van der Waals surface area contributed by atoms with Gasteiger partial charge in [-0.25, -0.2) is 4.79 Å². The van der Waals surface area contributed by atoms with Crippen LogP contribution in [0.5, 0.6) is 5.75 Å². The zero-order valence-corrected chi connectivity index (χ0v) is 16.3. The Balaban J connectivity index is 1.45. The molecule has 0 aromatic heterocycles. The number of anilines is 2. The van der Waals surface area contributed by atoms with Crippen molar-refractivity contribution >= 4 is 29.3 Å². The van der Waals surface area contributed by atoms with Gasteiger partial charge in [-0.1, -0.05) is 18.2 Å². The van der Waals surface area contributed by atoms with E-state index in [1.54, 1.807) is 19.3 Å². The fourth-order valence-electron chi connectivity index (χ4n) is 2.92. The summed E-state index contributed by atoms with van der Waals surface area (Å²) in [5.74, 6) is -0.355. The highest BCUT2D eigenvalue weighted by Gasteiger charge is 2.11. The Labute approximate surface area is 169 Å². The molecule has 1 N–H and O–H groups in total. The molecule has 0 aliphatic carbocycles. The lowest BCUT2D eigenvalue weighted by Gasteiger charge is -2.28. The molecule has 152 valence electrons. The highest BCUT2D eigenvalue weighted by Crippen LogP contribution is 2.19. The smallest absolute Gasteiger partial charge is 0.331 e. The molecule has 0 radical (unpaired) electrons. The van der Waals surface area contributed by atoms with Gasteiger partial charge in [0.2, 0.25) is 0 Å². The van der Waals surface area contributed by atoms with E-state index in [1.807, 2.05) is 42.5 Å². The van der Waals surface area contributed by atoms with E-state index in [9.17, 15) is 9.59 Å². The second-order valence-corrected chi connectivity index (χ2v) is 6.38. The number of nitrogens with one attached hydrogen (secondary N) is 1. The normalized spacial score (nSPS) is 13.9. The van der Waals surface area contributed by atoms with Gasteiger partial charge in [-0.2, -0.15) is 0 Å². The quantitative estimate of drug-likeness (QED) is 0.573. The van der Waals surface area contributed by atoms with Crippen molar-refractivity contribution in [3.63, 3.8) is 0 Å². The van der Waals surface area contributed by atoms with Crippen molar-refractivity contribution in [2.24, 2.45) is 0 Å². The molecule has 7 nitrogen and oxygen atoms in total. The number of nitrogens with zero attached hydrogens (tertiary/aromatic N) is 1. The number of rotatable bonds is 7. The molecule has 7 heteroatoms. The molecular formula is C22H24N2O5. The number of para-hydroxylation sites is 1. The van der Waals surface area contributed by atoms with E-state index in [4.69, 9.17) is 14.2 Å². The van der Waals surface area contributed by atoms with Gasteiger partial charge in [-0.3, -0.25) is 4.79 Å². The van der Waals surface area contributed by atoms with Crippen LogP contribution >= 0.6 is 0 Å². The van der Waals surface area contributed by atoms with Crippen LogP contribution in [-0.2, 0) is 19.1 Å². The molecule has 1 amide bonds. The number of amides is 1. The lowest BCUT2D eigenvalue weighted by atomic mass is 10.2. The zero-order valence-electron chi connectivity index (χ0n) is 16.3. The van der Waals surface area contributed by atoms with Crippen molar-refractivity contribution in [2.75, 3.05) is 50.2 Å². The Morgan fingerprint density at radius 1 is 1.10 bits per heavy atom. The van der Waals surface area contributed by atoms with Crippen molar-refractivity contribution in [1.82, 2.24) is 0 Å². The summed E-state index contributed by atoms with van der Waals surface area (Å²) in [7, 11) is 1.56. The molecule has 0 unspecified atom stereocenters. The SMILES string of the molecule is COc1ccccc1/C=C/C(=O)OCC(=O)Nc1ccc(N2CCOCC2)cc1. The number of hydrogen-bond acceptors (Lipinski definition) is 6. The molecule has 0 bridgehead atoms. The van der Waals surface area contributed by atoms with Crippen LogP contribution in [0.2, 0.25) is 0 Å². The lowest BCUT2D eigenvalue weighted by Crippen LogP contribution is -2.36. The van der Waals surface area contributed by atoms with Crippen LogP contribution in [0, 0.1) is 0 Å². The molecular weight excluding hydrogens is 372 g/mol. The minimum Gasteiger partial charge on any atom is -0.496 e. The van der Waals surface area contributed by atoms with Gasteiger partial charge >= 0.3 is 5.97 Å². The van der Waals surface area contributed by atoms with E-state index >= 15 is 0 Å². The monoisotopic (exact) mass is 396 g/mol. The largest absolute Gasteiger partial charge is 0.496 e. The fraction of sp³-hybridized carbons (Fsp3) is 0.273. The number of benzene rings is 2. The summed E-state index contributed by atoms with van der Waals surface area (Å²) in [5.41, 5.74) is 2.48. The molecule has 0 atom stereocenters. The Morgan fingerprint density at radius 2 is 1.83 bits per heavy atom. The van der Waals surface area contributed by atoms with E-state index in [1.165, 1.54) is 6.08 Å². The van der Waals surface area contributed by atoms with Crippen molar-refractivity contribution in [1.29, 1.82) is 0 Å². The number of carbonyl (C=O) groups is 2. The standard InChI is InChI=1S/C22H24N2O5/c1-27-20-5-3-2-4-17(20)6-11-22(26)29-16-21(25)23-18-7-9-19(10-8-18)24-12-14-28-15-13-24/h2-11H,12-16H2,1H3,(H,23,25)/b11-6+. The fourth-order valence-corrected chi connectivity index (χ4v) is 2.92. The first-order valence-electron chi connectivity index (χ1n) is 9.36.